The third kappa shape index (κ3) is 5.74. The predicted molar refractivity (Wildman–Crippen MR) is 80.9 cm³/mol. The van der Waals surface area contributed by atoms with Gasteiger partial charge in [0.2, 0.25) is 5.91 Å². The van der Waals surface area contributed by atoms with Crippen molar-refractivity contribution in [1.82, 2.24) is 5.32 Å². The van der Waals surface area contributed by atoms with Crippen molar-refractivity contribution < 1.29 is 9.90 Å². The molecular formula is C15H22BrNO2. The molecule has 0 spiro atoms. The molecule has 0 heterocycles. The van der Waals surface area contributed by atoms with Gasteiger partial charge in [-0.2, -0.15) is 0 Å². The Balaban J connectivity index is 2.63. The van der Waals surface area contributed by atoms with Gasteiger partial charge in [-0.3, -0.25) is 4.79 Å². The second-order valence-corrected chi connectivity index (χ2v) is 6.72. The Hall–Kier alpha value is -0.870. The molecular weight excluding hydrogens is 306 g/mol. The number of carbonyl (C=O) groups is 1. The highest BCUT2D eigenvalue weighted by Crippen LogP contribution is 2.21. The van der Waals surface area contributed by atoms with E-state index < -0.39 is 0 Å². The highest BCUT2D eigenvalue weighted by Gasteiger charge is 2.25. The summed E-state index contributed by atoms with van der Waals surface area (Å²) in [7, 11) is 0. The zero-order valence-corrected chi connectivity index (χ0v) is 13.3. The minimum Gasteiger partial charge on any atom is -0.396 e. The second kappa shape index (κ2) is 7.06. The molecule has 0 saturated heterocycles. The molecule has 0 aliphatic carbocycles. The summed E-state index contributed by atoms with van der Waals surface area (Å²) < 4.78 is 0.973. The summed E-state index contributed by atoms with van der Waals surface area (Å²) in [6, 6.07) is 7.71. The van der Waals surface area contributed by atoms with Crippen LogP contribution in [0.1, 0.15) is 32.8 Å². The van der Waals surface area contributed by atoms with Crippen LogP contribution in [0, 0.1) is 5.41 Å². The summed E-state index contributed by atoms with van der Waals surface area (Å²) >= 11 is 3.39. The van der Waals surface area contributed by atoms with E-state index in [1.165, 1.54) is 0 Å². The quantitative estimate of drug-likeness (QED) is 0.873. The lowest BCUT2D eigenvalue weighted by Gasteiger charge is -2.31. The number of carbonyl (C=O) groups excluding carboxylic acids is 1. The van der Waals surface area contributed by atoms with Crippen LogP contribution in [0.3, 0.4) is 0 Å². The van der Waals surface area contributed by atoms with Gasteiger partial charge in [-0.05, 0) is 29.5 Å². The first-order valence-corrected chi connectivity index (χ1v) is 7.27. The maximum Gasteiger partial charge on any atom is 0.224 e. The average molecular weight is 328 g/mol. The Labute approximate surface area is 123 Å². The van der Waals surface area contributed by atoms with Gasteiger partial charge in [0.1, 0.15) is 0 Å². The lowest BCUT2D eigenvalue weighted by Crippen LogP contribution is -2.44. The Morgan fingerprint density at radius 2 is 2.11 bits per heavy atom. The summed E-state index contributed by atoms with van der Waals surface area (Å²) in [6.07, 6.45) is 0.936. The normalized spacial score (nSPS) is 13.1. The smallest absolute Gasteiger partial charge is 0.224 e. The van der Waals surface area contributed by atoms with Crippen LogP contribution in [-0.4, -0.2) is 23.7 Å². The Kier molecular flexibility index (Phi) is 6.01. The summed E-state index contributed by atoms with van der Waals surface area (Å²) in [5.41, 5.74) is 0.916. The van der Waals surface area contributed by atoms with Crippen LogP contribution in [0.15, 0.2) is 28.7 Å². The van der Waals surface area contributed by atoms with E-state index in [9.17, 15) is 4.79 Å². The third-order valence-corrected chi connectivity index (χ3v) is 3.55. The molecule has 0 radical (unpaired) electrons. The van der Waals surface area contributed by atoms with Crippen LogP contribution < -0.4 is 5.32 Å². The highest BCUT2D eigenvalue weighted by molar-refractivity contribution is 9.10. The predicted octanol–water partition coefficient (Wildman–Crippen LogP) is 2.90. The molecule has 0 aliphatic rings. The van der Waals surface area contributed by atoms with E-state index in [4.69, 9.17) is 5.11 Å². The number of hydrogen-bond acceptors (Lipinski definition) is 2. The SMILES string of the molecule is CC(C)(C)C(CCO)NC(=O)Cc1cccc(Br)c1. The maximum atomic E-state index is 12.0. The molecule has 106 valence electrons. The molecule has 1 unspecified atom stereocenters. The van der Waals surface area contributed by atoms with Gasteiger partial charge in [-0.15, -0.1) is 0 Å². The number of hydrogen-bond donors (Lipinski definition) is 2. The minimum atomic E-state index is -0.0599. The van der Waals surface area contributed by atoms with Crippen molar-refractivity contribution in [2.45, 2.75) is 39.7 Å². The van der Waals surface area contributed by atoms with Crippen molar-refractivity contribution in [2.24, 2.45) is 5.41 Å². The van der Waals surface area contributed by atoms with E-state index in [0.29, 0.717) is 12.8 Å². The number of rotatable bonds is 5. The molecule has 0 bridgehead atoms. The van der Waals surface area contributed by atoms with Gasteiger partial charge in [0.15, 0.2) is 0 Å². The standard InChI is InChI=1S/C15H22BrNO2/c1-15(2,3)13(7-8-18)17-14(19)10-11-5-4-6-12(16)9-11/h4-6,9,13,18H,7-8,10H2,1-3H3,(H,17,19). The zero-order valence-electron chi connectivity index (χ0n) is 11.7. The van der Waals surface area contributed by atoms with E-state index in [1.807, 2.05) is 24.3 Å². The molecule has 1 aromatic carbocycles. The summed E-state index contributed by atoms with van der Waals surface area (Å²) in [5.74, 6) is -0.00789. The van der Waals surface area contributed by atoms with Gasteiger partial charge in [0, 0.05) is 17.1 Å². The highest BCUT2D eigenvalue weighted by atomic mass is 79.9. The lowest BCUT2D eigenvalue weighted by molar-refractivity contribution is -0.122. The fraction of sp³-hybridized carbons (Fsp3) is 0.533. The topological polar surface area (TPSA) is 49.3 Å². The van der Waals surface area contributed by atoms with Gasteiger partial charge < -0.3 is 10.4 Å². The van der Waals surface area contributed by atoms with Crippen LogP contribution in [0.5, 0.6) is 0 Å². The van der Waals surface area contributed by atoms with Crippen LogP contribution in [0.2, 0.25) is 0 Å². The number of nitrogens with one attached hydrogen (secondary N) is 1. The molecule has 19 heavy (non-hydrogen) atoms. The monoisotopic (exact) mass is 327 g/mol. The minimum absolute atomic E-state index is 0.00789. The van der Waals surface area contributed by atoms with E-state index in [1.54, 1.807) is 0 Å². The van der Waals surface area contributed by atoms with Gasteiger partial charge in [0.05, 0.1) is 6.42 Å². The van der Waals surface area contributed by atoms with Gasteiger partial charge >= 0.3 is 0 Å². The maximum absolute atomic E-state index is 12.0. The van der Waals surface area contributed by atoms with Crippen LogP contribution in [-0.2, 0) is 11.2 Å². The average Bonchev–Trinajstić information content (AvgIpc) is 2.27. The molecule has 3 nitrogen and oxygen atoms in total. The Morgan fingerprint density at radius 3 is 2.63 bits per heavy atom. The molecule has 0 saturated carbocycles. The number of aliphatic hydroxyl groups excluding tert-OH is 1. The fourth-order valence-corrected chi connectivity index (χ4v) is 2.38. The fourth-order valence-electron chi connectivity index (χ4n) is 1.93. The largest absolute Gasteiger partial charge is 0.396 e. The Bertz CT molecular complexity index is 426. The summed E-state index contributed by atoms with van der Waals surface area (Å²) in [6.45, 7) is 6.27. The Morgan fingerprint density at radius 1 is 1.42 bits per heavy atom. The molecule has 1 aromatic rings. The van der Waals surface area contributed by atoms with Crippen molar-refractivity contribution in [3.63, 3.8) is 0 Å². The van der Waals surface area contributed by atoms with E-state index >= 15 is 0 Å². The lowest BCUT2D eigenvalue weighted by atomic mass is 9.85. The molecule has 4 heteroatoms. The third-order valence-electron chi connectivity index (χ3n) is 3.05. The number of benzene rings is 1. The van der Waals surface area contributed by atoms with E-state index in [-0.39, 0.29) is 24.0 Å². The first-order chi connectivity index (χ1) is 8.82. The van der Waals surface area contributed by atoms with Gasteiger partial charge in [0.25, 0.3) is 0 Å². The summed E-state index contributed by atoms with van der Waals surface area (Å²) in [4.78, 5) is 12.0. The second-order valence-electron chi connectivity index (χ2n) is 5.81. The van der Waals surface area contributed by atoms with Crippen molar-refractivity contribution in [3.8, 4) is 0 Å². The van der Waals surface area contributed by atoms with Gasteiger partial charge in [-0.25, -0.2) is 0 Å². The molecule has 2 N–H and O–H groups in total. The molecule has 0 aromatic heterocycles. The molecule has 1 atom stereocenters. The molecule has 1 rings (SSSR count). The van der Waals surface area contributed by atoms with Crippen LogP contribution in [0.4, 0.5) is 0 Å². The molecule has 0 aliphatic heterocycles. The summed E-state index contributed by atoms with van der Waals surface area (Å²) in [5, 5.41) is 12.1. The van der Waals surface area contributed by atoms with Gasteiger partial charge in [-0.1, -0.05) is 48.8 Å². The first-order valence-electron chi connectivity index (χ1n) is 6.47. The zero-order chi connectivity index (χ0) is 14.5. The number of aliphatic hydroxyl groups is 1. The number of halogens is 1. The first kappa shape index (κ1) is 16.2. The van der Waals surface area contributed by atoms with E-state index in [0.717, 1.165) is 10.0 Å². The molecule has 0 fully saturated rings. The number of amides is 1. The van der Waals surface area contributed by atoms with Crippen LogP contribution in [0.25, 0.3) is 0 Å². The van der Waals surface area contributed by atoms with Crippen molar-refractivity contribution >= 4 is 21.8 Å². The van der Waals surface area contributed by atoms with Crippen molar-refractivity contribution in [1.29, 1.82) is 0 Å². The van der Waals surface area contributed by atoms with E-state index in [2.05, 4.69) is 42.0 Å². The van der Waals surface area contributed by atoms with Crippen molar-refractivity contribution in [2.75, 3.05) is 6.61 Å². The van der Waals surface area contributed by atoms with Crippen LogP contribution >= 0.6 is 15.9 Å². The molecule has 1 amide bonds. The van der Waals surface area contributed by atoms with Crippen molar-refractivity contribution in [3.05, 3.63) is 34.3 Å².